The lowest BCUT2D eigenvalue weighted by Crippen LogP contribution is -2.54. The smallest absolute Gasteiger partial charge is 0.303 e. The Labute approximate surface area is 87.8 Å². The largest absolute Gasteiger partial charge is 0.481 e. The molecule has 0 aromatic rings. The molecule has 1 rings (SSSR count). The summed E-state index contributed by atoms with van der Waals surface area (Å²) in [6.45, 7) is 1.07. The van der Waals surface area contributed by atoms with Crippen molar-refractivity contribution in [2.45, 2.75) is 24.8 Å². The fourth-order valence-electron chi connectivity index (χ4n) is 1.38. The van der Waals surface area contributed by atoms with Crippen molar-refractivity contribution in [1.29, 1.82) is 0 Å². The van der Waals surface area contributed by atoms with E-state index in [-0.39, 0.29) is 18.9 Å². The molecule has 1 atom stereocenters. The number of nitrogens with two attached hydrogens (primary N) is 1. The van der Waals surface area contributed by atoms with Crippen LogP contribution < -0.4 is 11.1 Å². The van der Waals surface area contributed by atoms with E-state index in [0.717, 1.165) is 0 Å². The highest BCUT2D eigenvalue weighted by atomic mass is 16.5. The van der Waals surface area contributed by atoms with Gasteiger partial charge in [0.1, 0.15) is 5.54 Å². The number of rotatable bonds is 5. The van der Waals surface area contributed by atoms with E-state index in [9.17, 15) is 9.59 Å². The zero-order valence-electron chi connectivity index (χ0n) is 8.49. The van der Waals surface area contributed by atoms with Gasteiger partial charge in [0.05, 0.1) is 6.61 Å². The second kappa shape index (κ2) is 5.09. The molecule has 1 heterocycles. The summed E-state index contributed by atoms with van der Waals surface area (Å²) in [5.41, 5.74) is 4.86. The molecule has 1 aliphatic rings. The molecule has 0 radical (unpaired) electrons. The topological polar surface area (TPSA) is 102 Å². The van der Waals surface area contributed by atoms with Crippen molar-refractivity contribution in [3.05, 3.63) is 0 Å². The van der Waals surface area contributed by atoms with Crippen LogP contribution in [0.2, 0.25) is 0 Å². The molecule has 0 aromatic heterocycles. The molecule has 4 N–H and O–H groups in total. The molecule has 15 heavy (non-hydrogen) atoms. The molecule has 0 aliphatic carbocycles. The summed E-state index contributed by atoms with van der Waals surface area (Å²) in [6, 6.07) is 0. The molecule has 6 heteroatoms. The van der Waals surface area contributed by atoms with E-state index in [1.54, 1.807) is 0 Å². The second-order valence-corrected chi connectivity index (χ2v) is 3.71. The van der Waals surface area contributed by atoms with Gasteiger partial charge in [-0.3, -0.25) is 9.59 Å². The number of hydrogen-bond acceptors (Lipinski definition) is 4. The van der Waals surface area contributed by atoms with E-state index in [2.05, 4.69) is 5.32 Å². The summed E-state index contributed by atoms with van der Waals surface area (Å²) < 4.78 is 5.05. The third kappa shape index (κ3) is 3.49. The monoisotopic (exact) mass is 216 g/mol. The number of carboxylic acids is 1. The van der Waals surface area contributed by atoms with Crippen LogP contribution >= 0.6 is 0 Å². The van der Waals surface area contributed by atoms with Gasteiger partial charge < -0.3 is 20.9 Å². The summed E-state index contributed by atoms with van der Waals surface area (Å²) in [5, 5.41) is 11.0. The predicted molar refractivity (Wildman–Crippen MR) is 52.2 cm³/mol. The van der Waals surface area contributed by atoms with Gasteiger partial charge in [-0.15, -0.1) is 0 Å². The van der Waals surface area contributed by atoms with Crippen molar-refractivity contribution in [1.82, 2.24) is 5.32 Å². The Hall–Kier alpha value is -1.14. The third-order valence-corrected chi connectivity index (χ3v) is 2.36. The summed E-state index contributed by atoms with van der Waals surface area (Å²) in [5.74, 6) is -1.12. The second-order valence-electron chi connectivity index (χ2n) is 3.71. The molecule has 1 amide bonds. The van der Waals surface area contributed by atoms with E-state index < -0.39 is 11.5 Å². The number of amides is 1. The molecule has 86 valence electrons. The number of aliphatic carboxylic acids is 1. The minimum atomic E-state index is -0.927. The molecule has 6 nitrogen and oxygen atoms in total. The number of hydrogen-bond donors (Lipinski definition) is 3. The van der Waals surface area contributed by atoms with Crippen LogP contribution in [0.5, 0.6) is 0 Å². The average molecular weight is 216 g/mol. The Bertz CT molecular complexity index is 248. The number of ether oxygens (including phenoxy) is 1. The van der Waals surface area contributed by atoms with Gasteiger partial charge in [-0.05, 0) is 12.8 Å². The molecule has 0 bridgehead atoms. The van der Waals surface area contributed by atoms with Gasteiger partial charge in [0.25, 0.3) is 0 Å². The fourth-order valence-corrected chi connectivity index (χ4v) is 1.38. The Morgan fingerprint density at radius 1 is 1.53 bits per heavy atom. The molecule has 0 aromatic carbocycles. The van der Waals surface area contributed by atoms with Crippen LogP contribution in [0.3, 0.4) is 0 Å². The normalized spacial score (nSPS) is 25.1. The maximum atomic E-state index is 11.5. The average Bonchev–Trinajstić information content (AvgIpc) is 2.60. The van der Waals surface area contributed by atoms with Crippen molar-refractivity contribution in [3.63, 3.8) is 0 Å². The van der Waals surface area contributed by atoms with Crippen LogP contribution in [0.25, 0.3) is 0 Å². The van der Waals surface area contributed by atoms with Crippen LogP contribution in [0.15, 0.2) is 0 Å². The standard InChI is InChI=1S/C9H16N2O4/c10-9(3-5-15-6-9)8(14)11-4-1-2-7(12)13/h1-6,10H2,(H,11,14)(H,12,13). The first-order chi connectivity index (χ1) is 7.04. The van der Waals surface area contributed by atoms with Crippen molar-refractivity contribution >= 4 is 11.9 Å². The summed E-state index contributed by atoms with van der Waals surface area (Å²) in [4.78, 5) is 21.8. The predicted octanol–water partition coefficient (Wildman–Crippen LogP) is -0.915. The first kappa shape index (κ1) is 11.9. The van der Waals surface area contributed by atoms with Gasteiger partial charge in [-0.2, -0.15) is 0 Å². The quantitative estimate of drug-likeness (QED) is 0.516. The van der Waals surface area contributed by atoms with Gasteiger partial charge in [0.15, 0.2) is 0 Å². The van der Waals surface area contributed by atoms with E-state index in [1.165, 1.54) is 0 Å². The van der Waals surface area contributed by atoms with E-state index >= 15 is 0 Å². The first-order valence-corrected chi connectivity index (χ1v) is 4.91. The molecule has 1 aliphatic heterocycles. The number of nitrogens with one attached hydrogen (secondary N) is 1. The third-order valence-electron chi connectivity index (χ3n) is 2.36. The number of carboxylic acid groups (broad SMARTS) is 1. The highest BCUT2D eigenvalue weighted by Gasteiger charge is 2.37. The van der Waals surface area contributed by atoms with E-state index in [1.807, 2.05) is 0 Å². The van der Waals surface area contributed by atoms with Gasteiger partial charge >= 0.3 is 5.97 Å². The zero-order valence-corrected chi connectivity index (χ0v) is 8.49. The van der Waals surface area contributed by atoms with Crippen LogP contribution in [0.4, 0.5) is 0 Å². The highest BCUT2D eigenvalue weighted by molar-refractivity contribution is 5.86. The van der Waals surface area contributed by atoms with Crippen LogP contribution in [-0.2, 0) is 14.3 Å². The van der Waals surface area contributed by atoms with Crippen LogP contribution in [-0.4, -0.2) is 42.3 Å². The van der Waals surface area contributed by atoms with Crippen molar-refractivity contribution < 1.29 is 19.4 Å². The first-order valence-electron chi connectivity index (χ1n) is 4.91. The summed E-state index contributed by atoms with van der Waals surface area (Å²) in [7, 11) is 0. The zero-order chi connectivity index (χ0) is 11.3. The van der Waals surface area contributed by atoms with Gasteiger partial charge in [-0.25, -0.2) is 0 Å². The lowest BCUT2D eigenvalue weighted by Gasteiger charge is -2.20. The van der Waals surface area contributed by atoms with Crippen LogP contribution in [0.1, 0.15) is 19.3 Å². The molecular formula is C9H16N2O4. The Morgan fingerprint density at radius 2 is 2.27 bits per heavy atom. The molecule has 1 unspecified atom stereocenters. The summed E-state index contributed by atoms with van der Waals surface area (Å²) in [6.07, 6.45) is 0.976. The lowest BCUT2D eigenvalue weighted by atomic mass is 9.99. The molecule has 0 saturated carbocycles. The summed E-state index contributed by atoms with van der Waals surface area (Å²) >= 11 is 0. The Balaban J connectivity index is 2.21. The molecule has 1 fully saturated rings. The molecule has 1 saturated heterocycles. The van der Waals surface area contributed by atoms with E-state index in [0.29, 0.717) is 26.0 Å². The lowest BCUT2D eigenvalue weighted by molar-refractivity contribution is -0.137. The minimum Gasteiger partial charge on any atom is -0.481 e. The SMILES string of the molecule is NC1(C(=O)NCCCC(=O)O)CCOC1. The van der Waals surface area contributed by atoms with Crippen molar-refractivity contribution in [3.8, 4) is 0 Å². The van der Waals surface area contributed by atoms with Gasteiger partial charge in [0.2, 0.25) is 5.91 Å². The highest BCUT2D eigenvalue weighted by Crippen LogP contribution is 2.15. The Kier molecular flexibility index (Phi) is 4.05. The maximum Gasteiger partial charge on any atom is 0.303 e. The van der Waals surface area contributed by atoms with Gasteiger partial charge in [0, 0.05) is 19.6 Å². The molecular weight excluding hydrogens is 200 g/mol. The Morgan fingerprint density at radius 3 is 2.80 bits per heavy atom. The van der Waals surface area contributed by atoms with Crippen molar-refractivity contribution in [2.24, 2.45) is 5.73 Å². The fraction of sp³-hybridized carbons (Fsp3) is 0.778. The molecule has 0 spiro atoms. The number of carbonyl (C=O) groups excluding carboxylic acids is 1. The number of carbonyl (C=O) groups is 2. The maximum absolute atomic E-state index is 11.5. The van der Waals surface area contributed by atoms with E-state index in [4.69, 9.17) is 15.6 Å². The van der Waals surface area contributed by atoms with Crippen molar-refractivity contribution in [2.75, 3.05) is 19.8 Å². The van der Waals surface area contributed by atoms with Crippen LogP contribution in [0, 0.1) is 0 Å². The van der Waals surface area contributed by atoms with Gasteiger partial charge in [-0.1, -0.05) is 0 Å². The minimum absolute atomic E-state index is 0.0500.